The second-order valence-corrected chi connectivity index (χ2v) is 8.61. The molecule has 0 aliphatic carbocycles. The van der Waals surface area contributed by atoms with Gasteiger partial charge in [0.15, 0.2) is 4.32 Å². The maximum atomic E-state index is 13.2. The van der Waals surface area contributed by atoms with Gasteiger partial charge in [0.05, 0.1) is 22.0 Å². The molecule has 0 N–H and O–H groups in total. The number of para-hydroxylation sites is 2. The molecule has 0 unspecified atom stereocenters. The number of hydrogen-bond donors (Lipinski definition) is 0. The summed E-state index contributed by atoms with van der Waals surface area (Å²) in [4.78, 5) is 15.3. The van der Waals surface area contributed by atoms with Crippen LogP contribution in [0.1, 0.15) is 5.56 Å². The molecule has 6 heteroatoms. The zero-order valence-corrected chi connectivity index (χ0v) is 18.0. The van der Waals surface area contributed by atoms with Gasteiger partial charge in [-0.3, -0.25) is 9.69 Å². The monoisotopic (exact) mass is 439 g/mol. The first-order valence-electron chi connectivity index (χ1n) is 9.74. The summed E-state index contributed by atoms with van der Waals surface area (Å²) in [6.45, 7) is 0. The van der Waals surface area contributed by atoms with E-state index in [1.807, 2.05) is 108 Å². The molecule has 1 aliphatic rings. The van der Waals surface area contributed by atoms with E-state index in [1.54, 1.807) is 4.90 Å². The van der Waals surface area contributed by atoms with Crippen LogP contribution in [0.5, 0.6) is 0 Å². The van der Waals surface area contributed by atoms with Crippen molar-refractivity contribution in [3.05, 3.63) is 108 Å². The van der Waals surface area contributed by atoms with Crippen LogP contribution in [-0.4, -0.2) is 20.0 Å². The Morgan fingerprint density at radius 2 is 1.39 bits per heavy atom. The van der Waals surface area contributed by atoms with Crippen molar-refractivity contribution in [3.63, 3.8) is 0 Å². The van der Waals surface area contributed by atoms with Gasteiger partial charge in [-0.15, -0.1) is 0 Å². The van der Waals surface area contributed by atoms with Gasteiger partial charge >= 0.3 is 0 Å². The van der Waals surface area contributed by atoms with Crippen LogP contribution in [0.15, 0.2) is 102 Å². The normalized spacial score (nSPS) is 15.1. The van der Waals surface area contributed by atoms with E-state index in [0.717, 1.165) is 28.2 Å². The lowest BCUT2D eigenvalue weighted by molar-refractivity contribution is -0.113. The van der Waals surface area contributed by atoms with Gasteiger partial charge in [0, 0.05) is 17.3 Å². The van der Waals surface area contributed by atoms with Gasteiger partial charge < -0.3 is 0 Å². The predicted molar refractivity (Wildman–Crippen MR) is 131 cm³/mol. The number of amides is 1. The number of thioether (sulfide) groups is 1. The smallest absolute Gasteiger partial charge is 0.268 e. The second kappa shape index (κ2) is 8.34. The summed E-state index contributed by atoms with van der Waals surface area (Å²) in [7, 11) is 0. The third kappa shape index (κ3) is 3.83. The Hall–Kier alpha value is -3.48. The fourth-order valence-corrected chi connectivity index (χ4v) is 4.72. The summed E-state index contributed by atoms with van der Waals surface area (Å²) in [5.74, 6) is -0.118. The van der Waals surface area contributed by atoms with Crippen molar-refractivity contribution in [1.82, 2.24) is 9.78 Å². The number of benzene rings is 3. The van der Waals surface area contributed by atoms with E-state index < -0.39 is 0 Å². The maximum Gasteiger partial charge on any atom is 0.270 e. The van der Waals surface area contributed by atoms with E-state index in [2.05, 4.69) is 0 Å². The highest BCUT2D eigenvalue weighted by Gasteiger charge is 2.33. The van der Waals surface area contributed by atoms with Crippen LogP contribution in [0.2, 0.25) is 0 Å². The maximum absolute atomic E-state index is 13.2. The van der Waals surface area contributed by atoms with Crippen molar-refractivity contribution in [2.45, 2.75) is 0 Å². The lowest BCUT2D eigenvalue weighted by Crippen LogP contribution is -2.27. The fraction of sp³-hybridized carbons (Fsp3) is 0. The van der Waals surface area contributed by atoms with Gasteiger partial charge in [-0.1, -0.05) is 90.7 Å². The lowest BCUT2D eigenvalue weighted by atomic mass is 10.1. The molecule has 0 spiro atoms. The summed E-state index contributed by atoms with van der Waals surface area (Å²) >= 11 is 6.82. The molecule has 1 fully saturated rings. The Morgan fingerprint density at radius 3 is 2.03 bits per heavy atom. The van der Waals surface area contributed by atoms with Crippen LogP contribution in [0.3, 0.4) is 0 Å². The summed E-state index contributed by atoms with van der Waals surface area (Å²) < 4.78 is 2.37. The molecule has 150 valence electrons. The number of aromatic nitrogens is 2. The van der Waals surface area contributed by atoms with Crippen molar-refractivity contribution in [1.29, 1.82) is 0 Å². The molecular formula is C25H17N3OS2. The number of rotatable bonds is 4. The standard InChI is InChI=1S/C25H17N3OS2/c29-24-22(31-25(30)28(24)21-14-8-3-9-15-21)16-19-17-27(20-12-6-2-7-13-20)26-23(19)18-10-4-1-5-11-18/h1-17H/b22-16-. The third-order valence-corrected chi connectivity index (χ3v) is 6.21. The first-order valence-corrected chi connectivity index (χ1v) is 11.0. The fourth-order valence-electron chi connectivity index (χ4n) is 3.43. The van der Waals surface area contributed by atoms with Gasteiger partial charge in [-0.2, -0.15) is 5.10 Å². The molecule has 1 saturated heterocycles. The molecule has 3 aromatic carbocycles. The number of anilines is 1. The van der Waals surface area contributed by atoms with Gasteiger partial charge in [0.1, 0.15) is 0 Å². The molecule has 0 saturated carbocycles. The molecule has 2 heterocycles. The number of hydrogen-bond acceptors (Lipinski definition) is 4. The minimum atomic E-state index is -0.118. The first kappa shape index (κ1) is 19.5. The largest absolute Gasteiger partial charge is 0.270 e. The summed E-state index contributed by atoms with van der Waals surface area (Å²) in [6.07, 6.45) is 3.84. The highest BCUT2D eigenvalue weighted by molar-refractivity contribution is 8.27. The van der Waals surface area contributed by atoms with E-state index in [9.17, 15) is 4.79 Å². The highest BCUT2D eigenvalue weighted by atomic mass is 32.2. The Bertz CT molecular complexity index is 1280. The van der Waals surface area contributed by atoms with E-state index >= 15 is 0 Å². The summed E-state index contributed by atoms with van der Waals surface area (Å²) in [5, 5.41) is 4.82. The molecule has 5 rings (SSSR count). The molecule has 0 bridgehead atoms. The Morgan fingerprint density at radius 1 is 0.806 bits per heavy atom. The average Bonchev–Trinajstić information content (AvgIpc) is 3.36. The molecular weight excluding hydrogens is 422 g/mol. The number of thiocarbonyl (C=S) groups is 1. The van der Waals surface area contributed by atoms with Crippen molar-refractivity contribution in [2.24, 2.45) is 0 Å². The van der Waals surface area contributed by atoms with Gasteiger partial charge in [0.2, 0.25) is 0 Å². The van der Waals surface area contributed by atoms with E-state index in [4.69, 9.17) is 17.3 Å². The second-order valence-electron chi connectivity index (χ2n) is 6.93. The Kier molecular flexibility index (Phi) is 5.24. The van der Waals surface area contributed by atoms with Gasteiger partial charge in [-0.05, 0) is 30.3 Å². The van der Waals surface area contributed by atoms with Crippen LogP contribution >= 0.6 is 24.0 Å². The van der Waals surface area contributed by atoms with E-state index in [0.29, 0.717) is 9.23 Å². The third-order valence-electron chi connectivity index (χ3n) is 4.91. The molecule has 0 atom stereocenters. The van der Waals surface area contributed by atoms with Crippen LogP contribution in [0.4, 0.5) is 5.69 Å². The first-order chi connectivity index (χ1) is 15.2. The lowest BCUT2D eigenvalue weighted by Gasteiger charge is -2.13. The molecule has 1 aliphatic heterocycles. The highest BCUT2D eigenvalue weighted by Crippen LogP contribution is 2.37. The number of carbonyl (C=O) groups is 1. The molecule has 1 aromatic heterocycles. The predicted octanol–water partition coefficient (Wildman–Crippen LogP) is 5.95. The zero-order valence-electron chi connectivity index (χ0n) is 16.4. The van der Waals surface area contributed by atoms with E-state index in [-0.39, 0.29) is 5.91 Å². The number of nitrogens with zero attached hydrogens (tertiary/aromatic N) is 3. The van der Waals surface area contributed by atoms with Crippen LogP contribution in [0, 0.1) is 0 Å². The topological polar surface area (TPSA) is 38.1 Å². The van der Waals surface area contributed by atoms with Crippen molar-refractivity contribution in [3.8, 4) is 16.9 Å². The zero-order chi connectivity index (χ0) is 21.2. The van der Waals surface area contributed by atoms with Crippen LogP contribution < -0.4 is 4.90 Å². The van der Waals surface area contributed by atoms with Crippen molar-refractivity contribution >= 4 is 46.0 Å². The molecule has 4 nitrogen and oxygen atoms in total. The summed E-state index contributed by atoms with van der Waals surface area (Å²) in [6, 6.07) is 29.4. The molecule has 31 heavy (non-hydrogen) atoms. The quantitative estimate of drug-likeness (QED) is 0.291. The Balaban J connectivity index is 1.58. The molecule has 4 aromatic rings. The van der Waals surface area contributed by atoms with Gasteiger partial charge in [0.25, 0.3) is 5.91 Å². The van der Waals surface area contributed by atoms with Crippen LogP contribution in [-0.2, 0) is 4.79 Å². The Labute approximate surface area is 189 Å². The average molecular weight is 440 g/mol. The van der Waals surface area contributed by atoms with Gasteiger partial charge in [-0.25, -0.2) is 4.68 Å². The van der Waals surface area contributed by atoms with E-state index in [1.165, 1.54) is 11.8 Å². The SMILES string of the molecule is O=C1/C(=C/c2cn(-c3ccccc3)nc2-c2ccccc2)SC(=S)N1c1ccccc1. The summed E-state index contributed by atoms with van der Waals surface area (Å²) in [5.41, 5.74) is 4.40. The minimum Gasteiger partial charge on any atom is -0.268 e. The van der Waals surface area contributed by atoms with Crippen molar-refractivity contribution in [2.75, 3.05) is 4.90 Å². The minimum absolute atomic E-state index is 0.118. The molecule has 0 radical (unpaired) electrons. The molecule has 1 amide bonds. The van der Waals surface area contributed by atoms with Crippen LogP contribution in [0.25, 0.3) is 23.0 Å². The van der Waals surface area contributed by atoms with Crippen molar-refractivity contribution < 1.29 is 4.79 Å². The number of carbonyl (C=O) groups excluding carboxylic acids is 1.